The summed E-state index contributed by atoms with van der Waals surface area (Å²) in [7, 11) is 0. The van der Waals surface area contributed by atoms with Crippen LogP contribution in [-0.2, 0) is 4.79 Å². The molecule has 4 nitrogen and oxygen atoms in total. The van der Waals surface area contributed by atoms with E-state index in [9.17, 15) is 4.79 Å². The third kappa shape index (κ3) is 4.51. The molecule has 2 aromatic rings. The SMILES string of the molecule is CC(=O)Nc1ccc(/C=N\Nc2ccc(Br)cc2)cc1. The quantitative estimate of drug-likeness (QED) is 0.660. The lowest BCUT2D eigenvalue weighted by Crippen LogP contribution is -2.05. The van der Waals surface area contributed by atoms with Gasteiger partial charge in [0.25, 0.3) is 0 Å². The summed E-state index contributed by atoms with van der Waals surface area (Å²) in [5, 5.41) is 6.87. The first-order chi connectivity index (χ1) is 9.63. The Morgan fingerprint density at radius 1 is 1.05 bits per heavy atom. The van der Waals surface area contributed by atoms with Crippen LogP contribution in [-0.4, -0.2) is 12.1 Å². The number of halogens is 1. The molecule has 0 radical (unpaired) electrons. The number of carbonyl (C=O) groups is 1. The number of anilines is 2. The summed E-state index contributed by atoms with van der Waals surface area (Å²) in [5.41, 5.74) is 5.58. The van der Waals surface area contributed by atoms with Crippen LogP contribution in [0.4, 0.5) is 11.4 Å². The molecule has 0 saturated heterocycles. The third-order valence-corrected chi connectivity index (χ3v) is 3.01. The van der Waals surface area contributed by atoms with Crippen molar-refractivity contribution >= 4 is 39.4 Å². The summed E-state index contributed by atoms with van der Waals surface area (Å²) >= 11 is 3.38. The van der Waals surface area contributed by atoms with Gasteiger partial charge in [0.1, 0.15) is 0 Å². The Hall–Kier alpha value is -2.14. The summed E-state index contributed by atoms with van der Waals surface area (Å²) < 4.78 is 1.03. The van der Waals surface area contributed by atoms with Crippen molar-refractivity contribution in [3.05, 3.63) is 58.6 Å². The van der Waals surface area contributed by atoms with E-state index in [2.05, 4.69) is 31.8 Å². The van der Waals surface area contributed by atoms with Crippen molar-refractivity contribution in [1.82, 2.24) is 0 Å². The van der Waals surface area contributed by atoms with Crippen molar-refractivity contribution in [3.63, 3.8) is 0 Å². The third-order valence-electron chi connectivity index (χ3n) is 2.48. The summed E-state index contributed by atoms with van der Waals surface area (Å²) in [4.78, 5) is 10.9. The maximum atomic E-state index is 10.9. The molecule has 2 N–H and O–H groups in total. The van der Waals surface area contributed by atoms with Crippen molar-refractivity contribution in [2.24, 2.45) is 5.10 Å². The Morgan fingerprint density at radius 3 is 2.25 bits per heavy atom. The molecule has 0 aliphatic carbocycles. The smallest absolute Gasteiger partial charge is 0.221 e. The van der Waals surface area contributed by atoms with E-state index in [1.807, 2.05) is 48.5 Å². The molecule has 0 saturated carbocycles. The zero-order valence-corrected chi connectivity index (χ0v) is 12.5. The summed E-state index contributed by atoms with van der Waals surface area (Å²) in [5.74, 6) is -0.0803. The fourth-order valence-electron chi connectivity index (χ4n) is 1.56. The molecule has 2 rings (SSSR count). The molecular weight excluding hydrogens is 318 g/mol. The molecule has 0 heterocycles. The lowest BCUT2D eigenvalue weighted by molar-refractivity contribution is -0.114. The van der Waals surface area contributed by atoms with Crippen LogP contribution in [0.15, 0.2) is 58.1 Å². The summed E-state index contributed by atoms with van der Waals surface area (Å²) in [6.07, 6.45) is 1.72. The highest BCUT2D eigenvalue weighted by atomic mass is 79.9. The van der Waals surface area contributed by atoms with Crippen molar-refractivity contribution in [3.8, 4) is 0 Å². The zero-order chi connectivity index (χ0) is 14.4. The first-order valence-corrected chi connectivity index (χ1v) is 6.85. The number of amides is 1. The number of hydrogen-bond acceptors (Lipinski definition) is 3. The molecule has 0 spiro atoms. The van der Waals surface area contributed by atoms with Crippen molar-refractivity contribution in [2.75, 3.05) is 10.7 Å². The number of carbonyl (C=O) groups excluding carboxylic acids is 1. The molecule has 0 unspecified atom stereocenters. The zero-order valence-electron chi connectivity index (χ0n) is 10.9. The second kappa shape index (κ2) is 6.86. The number of nitrogens with zero attached hydrogens (tertiary/aromatic N) is 1. The minimum Gasteiger partial charge on any atom is -0.326 e. The van der Waals surface area contributed by atoms with Gasteiger partial charge in [-0.3, -0.25) is 10.2 Å². The van der Waals surface area contributed by atoms with Crippen LogP contribution in [0, 0.1) is 0 Å². The molecule has 5 heteroatoms. The van der Waals surface area contributed by atoms with E-state index in [4.69, 9.17) is 0 Å². The molecule has 0 aromatic heterocycles. The Bertz CT molecular complexity index is 606. The van der Waals surface area contributed by atoms with Crippen molar-refractivity contribution < 1.29 is 4.79 Å². The largest absolute Gasteiger partial charge is 0.326 e. The van der Waals surface area contributed by atoms with Crippen LogP contribution in [0.3, 0.4) is 0 Å². The fourth-order valence-corrected chi connectivity index (χ4v) is 1.83. The average Bonchev–Trinajstić information content (AvgIpc) is 2.42. The molecule has 1 amide bonds. The Morgan fingerprint density at radius 2 is 1.65 bits per heavy atom. The van der Waals surface area contributed by atoms with Crippen LogP contribution in [0.2, 0.25) is 0 Å². The van der Waals surface area contributed by atoms with Gasteiger partial charge in [-0.05, 0) is 42.0 Å². The highest BCUT2D eigenvalue weighted by Gasteiger charge is 1.95. The first-order valence-electron chi connectivity index (χ1n) is 6.06. The average molecular weight is 332 g/mol. The van der Waals surface area contributed by atoms with Gasteiger partial charge in [0, 0.05) is 17.1 Å². The Kier molecular flexibility index (Phi) is 4.90. The number of rotatable bonds is 4. The lowest BCUT2D eigenvalue weighted by atomic mass is 10.2. The standard InChI is InChI=1S/C15H14BrN3O/c1-11(20)18-14-6-2-12(3-7-14)10-17-19-15-8-4-13(16)5-9-15/h2-10,19H,1H3,(H,18,20)/b17-10-. The number of hydrogen-bond donors (Lipinski definition) is 2. The minimum absolute atomic E-state index is 0.0803. The van der Waals surface area contributed by atoms with Gasteiger partial charge in [-0.15, -0.1) is 0 Å². The van der Waals surface area contributed by atoms with E-state index in [0.717, 1.165) is 21.4 Å². The molecule has 102 valence electrons. The minimum atomic E-state index is -0.0803. The predicted molar refractivity (Wildman–Crippen MR) is 86.1 cm³/mol. The van der Waals surface area contributed by atoms with E-state index in [1.165, 1.54) is 6.92 Å². The van der Waals surface area contributed by atoms with Crippen LogP contribution in [0.25, 0.3) is 0 Å². The van der Waals surface area contributed by atoms with E-state index >= 15 is 0 Å². The van der Waals surface area contributed by atoms with Crippen LogP contribution in [0.1, 0.15) is 12.5 Å². The molecule has 20 heavy (non-hydrogen) atoms. The molecule has 0 aliphatic rings. The maximum Gasteiger partial charge on any atom is 0.221 e. The van der Waals surface area contributed by atoms with Gasteiger partial charge in [-0.25, -0.2) is 0 Å². The highest BCUT2D eigenvalue weighted by Crippen LogP contribution is 2.14. The normalized spacial score (nSPS) is 10.5. The molecular formula is C15H14BrN3O. The van der Waals surface area contributed by atoms with Gasteiger partial charge in [0.15, 0.2) is 0 Å². The van der Waals surface area contributed by atoms with Crippen molar-refractivity contribution in [1.29, 1.82) is 0 Å². The molecule has 2 aromatic carbocycles. The highest BCUT2D eigenvalue weighted by molar-refractivity contribution is 9.10. The number of hydrazone groups is 1. The van der Waals surface area contributed by atoms with Gasteiger partial charge in [0.2, 0.25) is 5.91 Å². The molecule has 0 fully saturated rings. The molecule has 0 atom stereocenters. The van der Waals surface area contributed by atoms with Crippen LogP contribution >= 0.6 is 15.9 Å². The van der Waals surface area contributed by atoms with Gasteiger partial charge in [-0.2, -0.15) is 5.10 Å². The molecule has 0 aliphatic heterocycles. The fraction of sp³-hybridized carbons (Fsp3) is 0.0667. The predicted octanol–water partition coefficient (Wildman–Crippen LogP) is 3.85. The lowest BCUT2D eigenvalue weighted by Gasteiger charge is -2.02. The number of nitrogens with one attached hydrogen (secondary N) is 2. The van der Waals surface area contributed by atoms with Crippen LogP contribution < -0.4 is 10.7 Å². The monoisotopic (exact) mass is 331 g/mol. The van der Waals surface area contributed by atoms with Crippen molar-refractivity contribution in [2.45, 2.75) is 6.92 Å². The van der Waals surface area contributed by atoms with Gasteiger partial charge < -0.3 is 5.32 Å². The van der Waals surface area contributed by atoms with E-state index in [1.54, 1.807) is 6.21 Å². The summed E-state index contributed by atoms with van der Waals surface area (Å²) in [6, 6.07) is 15.2. The second-order valence-corrected chi connectivity index (χ2v) is 5.10. The molecule has 0 bridgehead atoms. The van der Waals surface area contributed by atoms with E-state index < -0.39 is 0 Å². The topological polar surface area (TPSA) is 53.5 Å². The van der Waals surface area contributed by atoms with E-state index in [0.29, 0.717) is 0 Å². The van der Waals surface area contributed by atoms with E-state index in [-0.39, 0.29) is 5.91 Å². The van der Waals surface area contributed by atoms with Gasteiger partial charge in [-0.1, -0.05) is 28.1 Å². The number of benzene rings is 2. The second-order valence-electron chi connectivity index (χ2n) is 4.18. The first kappa shape index (κ1) is 14.3. The van der Waals surface area contributed by atoms with Gasteiger partial charge in [0.05, 0.1) is 11.9 Å². The van der Waals surface area contributed by atoms with Crippen LogP contribution in [0.5, 0.6) is 0 Å². The maximum absolute atomic E-state index is 10.9. The Labute approximate surface area is 126 Å². The Balaban J connectivity index is 1.94. The summed E-state index contributed by atoms with van der Waals surface area (Å²) in [6.45, 7) is 1.48. The van der Waals surface area contributed by atoms with Gasteiger partial charge >= 0.3 is 0 Å².